The van der Waals surface area contributed by atoms with Crippen LogP contribution in [0.1, 0.15) is 6.92 Å². The standard InChI is InChI=1S/C6H10O3S/c1-4-5-9-10(7,8)6(2)3/h4H,1-2,5H2,3H3. The van der Waals surface area contributed by atoms with Gasteiger partial charge < -0.3 is 0 Å². The van der Waals surface area contributed by atoms with Crippen molar-refractivity contribution >= 4 is 10.1 Å². The molecule has 0 heterocycles. The quantitative estimate of drug-likeness (QED) is 0.458. The maximum Gasteiger partial charge on any atom is 0.292 e. The molecule has 0 spiro atoms. The molecule has 4 heteroatoms. The van der Waals surface area contributed by atoms with Crippen LogP contribution in [-0.2, 0) is 14.3 Å². The van der Waals surface area contributed by atoms with Gasteiger partial charge in [-0.15, -0.1) is 6.58 Å². The van der Waals surface area contributed by atoms with E-state index < -0.39 is 10.1 Å². The van der Waals surface area contributed by atoms with Crippen molar-refractivity contribution in [3.05, 3.63) is 24.1 Å². The van der Waals surface area contributed by atoms with E-state index in [-0.39, 0.29) is 11.5 Å². The number of hydrogen-bond acceptors (Lipinski definition) is 3. The van der Waals surface area contributed by atoms with Crippen LogP contribution in [0.4, 0.5) is 0 Å². The Morgan fingerprint density at radius 2 is 2.20 bits per heavy atom. The lowest BCUT2D eigenvalue weighted by molar-refractivity contribution is 0.362. The van der Waals surface area contributed by atoms with Crippen LogP contribution in [0.2, 0.25) is 0 Å². The Bertz CT molecular complexity index is 225. The van der Waals surface area contributed by atoms with Crippen LogP contribution in [0, 0.1) is 0 Å². The van der Waals surface area contributed by atoms with Crippen molar-refractivity contribution in [1.29, 1.82) is 0 Å². The fraction of sp³-hybridized carbons (Fsp3) is 0.333. The summed E-state index contributed by atoms with van der Waals surface area (Å²) in [5.74, 6) is 0. The molecule has 0 rings (SSSR count). The van der Waals surface area contributed by atoms with Gasteiger partial charge in [0.25, 0.3) is 10.1 Å². The first-order chi connectivity index (χ1) is 4.50. The number of allylic oxidation sites excluding steroid dienone is 1. The lowest BCUT2D eigenvalue weighted by Crippen LogP contribution is -2.05. The van der Waals surface area contributed by atoms with Crippen molar-refractivity contribution in [2.45, 2.75) is 6.92 Å². The number of rotatable bonds is 4. The van der Waals surface area contributed by atoms with Gasteiger partial charge in [-0.1, -0.05) is 12.7 Å². The molecule has 0 aliphatic heterocycles. The second-order valence-corrected chi connectivity index (χ2v) is 3.57. The highest BCUT2D eigenvalue weighted by molar-refractivity contribution is 7.90. The van der Waals surface area contributed by atoms with Gasteiger partial charge in [-0.2, -0.15) is 8.42 Å². The minimum absolute atomic E-state index is 0.00477. The van der Waals surface area contributed by atoms with E-state index in [9.17, 15) is 8.42 Å². The van der Waals surface area contributed by atoms with Gasteiger partial charge in [0.1, 0.15) is 0 Å². The maximum atomic E-state index is 10.7. The highest BCUT2D eigenvalue weighted by Gasteiger charge is 2.09. The molecule has 0 bridgehead atoms. The molecule has 0 saturated carbocycles. The molecule has 3 nitrogen and oxygen atoms in total. The van der Waals surface area contributed by atoms with Gasteiger partial charge in [0.05, 0.1) is 11.5 Å². The zero-order chi connectivity index (χ0) is 8.20. The van der Waals surface area contributed by atoms with Gasteiger partial charge in [-0.05, 0) is 6.92 Å². The van der Waals surface area contributed by atoms with Gasteiger partial charge in [0.2, 0.25) is 0 Å². The van der Waals surface area contributed by atoms with Gasteiger partial charge >= 0.3 is 0 Å². The van der Waals surface area contributed by atoms with Crippen molar-refractivity contribution < 1.29 is 12.6 Å². The Labute approximate surface area is 61.1 Å². The summed E-state index contributed by atoms with van der Waals surface area (Å²) in [6, 6.07) is 0. The molecule has 0 aromatic heterocycles. The van der Waals surface area contributed by atoms with E-state index in [1.54, 1.807) is 0 Å². The maximum absolute atomic E-state index is 10.7. The van der Waals surface area contributed by atoms with Gasteiger partial charge in [0.15, 0.2) is 0 Å². The normalized spacial score (nSPS) is 10.9. The number of hydrogen-bond donors (Lipinski definition) is 0. The van der Waals surface area contributed by atoms with Crippen molar-refractivity contribution in [1.82, 2.24) is 0 Å². The summed E-state index contributed by atoms with van der Waals surface area (Å²) in [4.78, 5) is 0.00866. The van der Waals surface area contributed by atoms with Crippen molar-refractivity contribution in [3.8, 4) is 0 Å². The third kappa shape index (κ3) is 2.80. The Morgan fingerprint density at radius 3 is 2.50 bits per heavy atom. The third-order valence-electron chi connectivity index (χ3n) is 0.768. The van der Waals surface area contributed by atoms with E-state index in [2.05, 4.69) is 17.3 Å². The summed E-state index contributed by atoms with van der Waals surface area (Å²) >= 11 is 0. The first kappa shape index (κ1) is 9.39. The van der Waals surface area contributed by atoms with Crippen LogP contribution in [0.5, 0.6) is 0 Å². The SMILES string of the molecule is C=CCOS(=O)(=O)C(=C)C. The van der Waals surface area contributed by atoms with E-state index in [0.717, 1.165) is 0 Å². The highest BCUT2D eigenvalue weighted by atomic mass is 32.2. The van der Waals surface area contributed by atoms with E-state index in [4.69, 9.17) is 0 Å². The molecule has 0 fully saturated rings. The summed E-state index contributed by atoms with van der Waals surface area (Å²) in [6.45, 7) is 7.91. The molecule has 0 aliphatic rings. The zero-order valence-electron chi connectivity index (χ0n) is 5.83. The van der Waals surface area contributed by atoms with Crippen LogP contribution in [-0.4, -0.2) is 15.0 Å². The lowest BCUT2D eigenvalue weighted by Gasteiger charge is -1.99. The second kappa shape index (κ2) is 3.53. The Kier molecular flexibility index (Phi) is 3.32. The molecule has 0 aromatic rings. The first-order valence-corrected chi connectivity index (χ1v) is 4.07. The Hall–Kier alpha value is -0.610. The molecule has 10 heavy (non-hydrogen) atoms. The molecule has 0 N–H and O–H groups in total. The predicted octanol–water partition coefficient (Wildman–Crippen LogP) is 1.05. The minimum Gasteiger partial charge on any atom is -0.262 e. The van der Waals surface area contributed by atoms with Crippen molar-refractivity contribution in [2.24, 2.45) is 0 Å². The van der Waals surface area contributed by atoms with Gasteiger partial charge in [-0.3, -0.25) is 4.18 Å². The molecule has 0 atom stereocenters. The summed E-state index contributed by atoms with van der Waals surface area (Å²) < 4.78 is 25.8. The van der Waals surface area contributed by atoms with Crippen LogP contribution in [0.25, 0.3) is 0 Å². The van der Waals surface area contributed by atoms with Crippen molar-refractivity contribution in [3.63, 3.8) is 0 Å². The molecule has 0 radical (unpaired) electrons. The summed E-state index contributed by atoms with van der Waals surface area (Å²) in [5.41, 5.74) is 0. The van der Waals surface area contributed by atoms with Crippen molar-refractivity contribution in [2.75, 3.05) is 6.61 Å². The highest BCUT2D eigenvalue weighted by Crippen LogP contribution is 2.03. The Balaban J connectivity index is 4.16. The van der Waals surface area contributed by atoms with Crippen LogP contribution < -0.4 is 0 Å². The third-order valence-corrected chi connectivity index (χ3v) is 2.07. The van der Waals surface area contributed by atoms with E-state index in [0.29, 0.717) is 0 Å². The van der Waals surface area contributed by atoms with E-state index in [1.165, 1.54) is 13.0 Å². The summed E-state index contributed by atoms with van der Waals surface area (Å²) in [6.07, 6.45) is 1.36. The van der Waals surface area contributed by atoms with E-state index in [1.807, 2.05) is 0 Å². The molecule has 0 aliphatic carbocycles. The van der Waals surface area contributed by atoms with Crippen LogP contribution in [0.3, 0.4) is 0 Å². The summed E-state index contributed by atoms with van der Waals surface area (Å²) in [7, 11) is -3.53. The molecule has 0 aromatic carbocycles. The Morgan fingerprint density at radius 1 is 1.70 bits per heavy atom. The summed E-state index contributed by atoms with van der Waals surface area (Å²) in [5, 5.41) is 0. The molecular weight excluding hydrogens is 152 g/mol. The second-order valence-electron chi connectivity index (χ2n) is 1.73. The predicted molar refractivity (Wildman–Crippen MR) is 39.9 cm³/mol. The molecule has 58 valence electrons. The molecular formula is C6H10O3S. The zero-order valence-corrected chi connectivity index (χ0v) is 6.65. The van der Waals surface area contributed by atoms with Gasteiger partial charge in [0, 0.05) is 0 Å². The fourth-order valence-corrected chi connectivity index (χ4v) is 0.715. The average Bonchev–Trinajstić information content (AvgIpc) is 1.84. The minimum atomic E-state index is -3.53. The first-order valence-electron chi connectivity index (χ1n) is 2.66. The van der Waals surface area contributed by atoms with Gasteiger partial charge in [-0.25, -0.2) is 0 Å². The smallest absolute Gasteiger partial charge is 0.262 e. The monoisotopic (exact) mass is 162 g/mol. The van der Waals surface area contributed by atoms with E-state index >= 15 is 0 Å². The lowest BCUT2D eigenvalue weighted by atomic mass is 10.7. The molecule has 0 unspecified atom stereocenters. The average molecular weight is 162 g/mol. The van der Waals surface area contributed by atoms with Crippen LogP contribution >= 0.6 is 0 Å². The topological polar surface area (TPSA) is 43.4 Å². The molecule has 0 amide bonds. The van der Waals surface area contributed by atoms with Crippen LogP contribution in [0.15, 0.2) is 24.1 Å². The largest absolute Gasteiger partial charge is 0.292 e. The molecule has 0 saturated heterocycles. The fourth-order valence-electron chi connectivity index (χ4n) is 0.238.